The zero-order chi connectivity index (χ0) is 21.4. The fourth-order valence-electron chi connectivity index (χ4n) is 2.62. The highest BCUT2D eigenvalue weighted by molar-refractivity contribution is 5.85. The van der Waals surface area contributed by atoms with Crippen LogP contribution in [0.25, 0.3) is 11.2 Å². The van der Waals surface area contributed by atoms with Crippen molar-refractivity contribution in [1.82, 2.24) is 30.2 Å². The number of aromatic nitrogens is 4. The molecule has 0 saturated heterocycles. The van der Waals surface area contributed by atoms with Crippen LogP contribution in [0.15, 0.2) is 6.33 Å². The highest BCUT2D eigenvalue weighted by Gasteiger charge is 2.15. The number of nitrogens with two attached hydrogens (primary N) is 1. The van der Waals surface area contributed by atoms with Crippen molar-refractivity contribution in [2.24, 2.45) is 0 Å². The summed E-state index contributed by atoms with van der Waals surface area (Å²) in [7, 11) is 0. The summed E-state index contributed by atoms with van der Waals surface area (Å²) in [5, 5.41) is 5.43. The van der Waals surface area contributed by atoms with Gasteiger partial charge in [-0.05, 0) is 33.6 Å². The lowest BCUT2D eigenvalue weighted by Crippen LogP contribution is -2.45. The molecule has 0 bridgehead atoms. The molecule has 10 heteroatoms. The Balaban J connectivity index is 1.87. The second-order valence-electron chi connectivity index (χ2n) is 7.88. The molecule has 4 N–H and O–H groups in total. The van der Waals surface area contributed by atoms with Crippen LogP contribution < -0.4 is 21.1 Å². The van der Waals surface area contributed by atoms with Gasteiger partial charge in [-0.3, -0.25) is 9.59 Å². The molecule has 0 aromatic carbocycles. The number of nitrogens with zero attached hydrogens (tertiary/aromatic N) is 4. The molecular formula is C19H31N7O3. The third-order valence-corrected chi connectivity index (χ3v) is 3.96. The number of carbonyl (C=O) groups excluding carboxylic acids is 2. The molecular weight excluding hydrogens is 374 g/mol. The minimum absolute atomic E-state index is 0.0354. The fraction of sp³-hybridized carbons (Fsp3) is 0.632. The summed E-state index contributed by atoms with van der Waals surface area (Å²) < 4.78 is 7.37. The lowest BCUT2D eigenvalue weighted by Gasteiger charge is -2.20. The summed E-state index contributed by atoms with van der Waals surface area (Å²) in [5.74, 6) is -0.131. The number of unbranched alkanes of at least 4 members (excludes halogenated alkanes) is 1. The van der Waals surface area contributed by atoms with Crippen molar-refractivity contribution in [2.45, 2.75) is 65.5 Å². The zero-order valence-corrected chi connectivity index (χ0v) is 17.6. The van der Waals surface area contributed by atoms with Gasteiger partial charge < -0.3 is 25.7 Å². The number of rotatable bonds is 10. The van der Waals surface area contributed by atoms with Gasteiger partial charge in [-0.2, -0.15) is 9.97 Å². The Bertz CT molecular complexity index is 842. The van der Waals surface area contributed by atoms with Crippen LogP contribution in [-0.4, -0.2) is 50.0 Å². The number of ether oxygens (including phenoxy) is 1. The van der Waals surface area contributed by atoms with Gasteiger partial charge in [0.2, 0.25) is 11.8 Å². The topological polar surface area (TPSA) is 137 Å². The Labute approximate surface area is 170 Å². The average Bonchev–Trinajstić information content (AvgIpc) is 3.02. The van der Waals surface area contributed by atoms with Gasteiger partial charge in [0, 0.05) is 18.5 Å². The van der Waals surface area contributed by atoms with Gasteiger partial charge in [0.05, 0.1) is 19.5 Å². The lowest BCUT2D eigenvalue weighted by atomic mass is 10.1. The molecule has 2 rings (SSSR count). The Morgan fingerprint density at radius 2 is 1.97 bits per heavy atom. The largest absolute Gasteiger partial charge is 0.463 e. The molecule has 2 aromatic heterocycles. The van der Waals surface area contributed by atoms with E-state index in [0.717, 1.165) is 12.8 Å². The molecule has 0 aliphatic carbocycles. The Hall–Kier alpha value is -2.91. The normalized spacial score (nSPS) is 11.4. The molecule has 0 unspecified atom stereocenters. The van der Waals surface area contributed by atoms with Gasteiger partial charge in [0.25, 0.3) is 0 Å². The minimum Gasteiger partial charge on any atom is -0.463 e. The highest BCUT2D eigenvalue weighted by Crippen LogP contribution is 2.19. The van der Waals surface area contributed by atoms with Gasteiger partial charge in [-0.15, -0.1) is 0 Å². The lowest BCUT2D eigenvalue weighted by molar-refractivity contribution is -0.126. The molecule has 10 nitrogen and oxygen atoms in total. The standard InChI is InChI=1S/C19H31N7O3/c1-5-6-10-29-18-23-16(20)15-17(24-18)26(12-22-15)9-7-8-13(27)21-11-14(28)25-19(2,3)4/h12H,5-11H2,1-4H3,(H,21,27)(H,25,28)(H2,20,23,24). The maximum atomic E-state index is 12.0. The molecule has 0 spiro atoms. The average molecular weight is 406 g/mol. The summed E-state index contributed by atoms with van der Waals surface area (Å²) >= 11 is 0. The predicted octanol–water partition coefficient (Wildman–Crippen LogP) is 1.40. The first-order chi connectivity index (χ1) is 13.7. The number of nitrogen functional groups attached to an aromatic ring is 1. The quantitative estimate of drug-likeness (QED) is 0.508. The van der Waals surface area contributed by atoms with Gasteiger partial charge in [-0.25, -0.2) is 4.98 Å². The van der Waals surface area contributed by atoms with E-state index in [-0.39, 0.29) is 42.1 Å². The van der Waals surface area contributed by atoms with E-state index < -0.39 is 0 Å². The number of amides is 2. The Kier molecular flexibility index (Phi) is 7.74. The Morgan fingerprint density at radius 1 is 1.21 bits per heavy atom. The summed E-state index contributed by atoms with van der Waals surface area (Å²) in [6.07, 6.45) is 4.39. The van der Waals surface area contributed by atoms with E-state index in [0.29, 0.717) is 30.7 Å². The van der Waals surface area contributed by atoms with E-state index in [2.05, 4.69) is 32.5 Å². The van der Waals surface area contributed by atoms with E-state index in [1.807, 2.05) is 25.3 Å². The number of aryl methyl sites for hydroxylation is 1. The maximum absolute atomic E-state index is 12.0. The van der Waals surface area contributed by atoms with Gasteiger partial charge in [0.15, 0.2) is 11.5 Å². The van der Waals surface area contributed by atoms with Crippen LogP contribution in [0.5, 0.6) is 6.01 Å². The summed E-state index contributed by atoms with van der Waals surface area (Å²) in [6, 6.07) is 0.229. The first-order valence-corrected chi connectivity index (χ1v) is 9.88. The van der Waals surface area contributed by atoms with Crippen molar-refractivity contribution in [3.63, 3.8) is 0 Å². The molecule has 0 saturated carbocycles. The second kappa shape index (κ2) is 10.0. The van der Waals surface area contributed by atoms with Crippen molar-refractivity contribution in [1.29, 1.82) is 0 Å². The van der Waals surface area contributed by atoms with E-state index in [9.17, 15) is 9.59 Å². The molecule has 0 aliphatic rings. The van der Waals surface area contributed by atoms with E-state index in [4.69, 9.17) is 10.5 Å². The van der Waals surface area contributed by atoms with Crippen molar-refractivity contribution in [3.05, 3.63) is 6.33 Å². The molecule has 160 valence electrons. The second-order valence-corrected chi connectivity index (χ2v) is 7.88. The number of carbonyl (C=O) groups is 2. The predicted molar refractivity (Wildman–Crippen MR) is 110 cm³/mol. The monoisotopic (exact) mass is 405 g/mol. The van der Waals surface area contributed by atoms with Crippen molar-refractivity contribution in [2.75, 3.05) is 18.9 Å². The molecule has 0 fully saturated rings. The van der Waals surface area contributed by atoms with Crippen LogP contribution in [0.1, 0.15) is 53.4 Å². The molecule has 29 heavy (non-hydrogen) atoms. The highest BCUT2D eigenvalue weighted by atomic mass is 16.5. The van der Waals surface area contributed by atoms with E-state index >= 15 is 0 Å². The number of hydrogen-bond acceptors (Lipinski definition) is 7. The molecule has 2 amide bonds. The summed E-state index contributed by atoms with van der Waals surface area (Å²) in [5.41, 5.74) is 6.72. The molecule has 0 atom stereocenters. The van der Waals surface area contributed by atoms with Gasteiger partial charge >= 0.3 is 6.01 Å². The third kappa shape index (κ3) is 7.20. The fourth-order valence-corrected chi connectivity index (χ4v) is 2.62. The van der Waals surface area contributed by atoms with Crippen LogP contribution in [0.2, 0.25) is 0 Å². The first kappa shape index (κ1) is 22.4. The molecule has 0 aliphatic heterocycles. The van der Waals surface area contributed by atoms with Crippen LogP contribution >= 0.6 is 0 Å². The van der Waals surface area contributed by atoms with E-state index in [1.54, 1.807) is 6.33 Å². The smallest absolute Gasteiger partial charge is 0.320 e. The maximum Gasteiger partial charge on any atom is 0.320 e. The number of anilines is 1. The zero-order valence-electron chi connectivity index (χ0n) is 17.6. The SMILES string of the molecule is CCCCOc1nc(N)c2ncn(CCCC(=O)NCC(=O)NC(C)(C)C)c2n1. The molecule has 0 radical (unpaired) electrons. The third-order valence-electron chi connectivity index (χ3n) is 3.96. The number of imidazole rings is 1. The molecule has 2 aromatic rings. The van der Waals surface area contributed by atoms with Crippen LogP contribution in [-0.2, 0) is 16.1 Å². The number of nitrogens with one attached hydrogen (secondary N) is 2. The van der Waals surface area contributed by atoms with Gasteiger partial charge in [-0.1, -0.05) is 13.3 Å². The van der Waals surface area contributed by atoms with Crippen LogP contribution in [0.3, 0.4) is 0 Å². The molecule has 2 heterocycles. The summed E-state index contributed by atoms with van der Waals surface area (Å²) in [6.45, 7) is 8.76. The van der Waals surface area contributed by atoms with Gasteiger partial charge in [0.1, 0.15) is 5.52 Å². The van der Waals surface area contributed by atoms with Crippen molar-refractivity contribution < 1.29 is 14.3 Å². The minimum atomic E-state index is -0.326. The van der Waals surface area contributed by atoms with Crippen molar-refractivity contribution >= 4 is 28.8 Å². The van der Waals surface area contributed by atoms with Crippen LogP contribution in [0, 0.1) is 0 Å². The first-order valence-electron chi connectivity index (χ1n) is 9.88. The number of fused-ring (bicyclic) bond motifs is 1. The Morgan fingerprint density at radius 3 is 2.66 bits per heavy atom. The van der Waals surface area contributed by atoms with Crippen molar-refractivity contribution in [3.8, 4) is 6.01 Å². The van der Waals surface area contributed by atoms with E-state index in [1.165, 1.54) is 0 Å². The van der Waals surface area contributed by atoms with Crippen LogP contribution in [0.4, 0.5) is 5.82 Å². The summed E-state index contributed by atoms with van der Waals surface area (Å²) in [4.78, 5) is 36.5. The number of hydrogen-bond donors (Lipinski definition) is 3.